The quantitative estimate of drug-likeness (QED) is 0.182. The lowest BCUT2D eigenvalue weighted by atomic mass is 10.1. The second-order valence-electron chi connectivity index (χ2n) is 9.50. The lowest BCUT2D eigenvalue weighted by Crippen LogP contribution is -2.60. The molecule has 3 aromatic carbocycles. The first-order valence-electron chi connectivity index (χ1n) is 13.5. The van der Waals surface area contributed by atoms with Crippen molar-refractivity contribution in [3.05, 3.63) is 100 Å². The summed E-state index contributed by atoms with van der Waals surface area (Å²) in [4.78, 5) is 39.7. The van der Waals surface area contributed by atoms with Gasteiger partial charge in [-0.15, -0.1) is 0 Å². The van der Waals surface area contributed by atoms with Crippen molar-refractivity contribution in [1.82, 2.24) is 15.5 Å². The summed E-state index contributed by atoms with van der Waals surface area (Å²) < 4.78 is 11.9. The number of nitrogens with one attached hydrogen (secondary N) is 2. The molecule has 0 spiro atoms. The number of ether oxygens (including phenoxy) is 2. The summed E-state index contributed by atoms with van der Waals surface area (Å²) in [6, 6.07) is 24.1. The van der Waals surface area contributed by atoms with Crippen LogP contribution in [-0.4, -0.2) is 60.1 Å². The molecule has 4 rings (SSSR count). The summed E-state index contributed by atoms with van der Waals surface area (Å²) in [6.07, 6.45) is 2.05. The van der Waals surface area contributed by atoms with Crippen LogP contribution in [0.15, 0.2) is 83.3 Å². The lowest BCUT2D eigenvalue weighted by molar-refractivity contribution is -0.147. The summed E-state index contributed by atoms with van der Waals surface area (Å²) >= 11 is 8.96. The maximum Gasteiger partial charge on any atom is 0.308 e. The van der Waals surface area contributed by atoms with Crippen LogP contribution in [0.3, 0.4) is 0 Å². The van der Waals surface area contributed by atoms with Crippen molar-refractivity contribution in [3.63, 3.8) is 0 Å². The van der Waals surface area contributed by atoms with Crippen molar-refractivity contribution in [3.8, 4) is 5.75 Å². The Hall–Kier alpha value is -3.76. The number of hydrogen-bond donors (Lipinski definition) is 2. The zero-order valence-electron chi connectivity index (χ0n) is 22.5. The fourth-order valence-electron chi connectivity index (χ4n) is 4.41. The fraction of sp³-hybridized carbons (Fsp3) is 0.290. The van der Waals surface area contributed by atoms with Crippen LogP contribution in [0.4, 0.5) is 0 Å². The van der Waals surface area contributed by atoms with Gasteiger partial charge in [0, 0.05) is 25.1 Å². The lowest BCUT2D eigenvalue weighted by Gasteiger charge is -2.36. The van der Waals surface area contributed by atoms with Gasteiger partial charge in [-0.3, -0.25) is 19.7 Å². The number of hydrogen-bond acceptors (Lipinski definition) is 6. The number of halogens is 1. The van der Waals surface area contributed by atoms with Crippen LogP contribution >= 0.6 is 28.1 Å². The number of benzene rings is 3. The number of carbonyl (C=O) groups excluding carboxylic acids is 3. The van der Waals surface area contributed by atoms with E-state index in [0.717, 1.165) is 12.8 Å². The molecule has 1 atom stereocenters. The van der Waals surface area contributed by atoms with E-state index in [-0.39, 0.29) is 24.0 Å². The highest BCUT2D eigenvalue weighted by molar-refractivity contribution is 9.10. The number of thiocarbonyl (C=S) groups is 1. The van der Waals surface area contributed by atoms with Crippen LogP contribution in [0.25, 0.3) is 0 Å². The number of rotatable bonds is 11. The van der Waals surface area contributed by atoms with Crippen LogP contribution in [0.1, 0.15) is 34.3 Å². The van der Waals surface area contributed by atoms with E-state index in [2.05, 4.69) is 26.6 Å². The molecule has 41 heavy (non-hydrogen) atoms. The molecule has 1 fully saturated rings. The third kappa shape index (κ3) is 9.12. The molecule has 1 saturated heterocycles. The molecular weight excluding hydrogens is 606 g/mol. The topological polar surface area (TPSA) is 97.0 Å². The van der Waals surface area contributed by atoms with E-state index in [1.165, 1.54) is 11.1 Å². The molecule has 3 aromatic rings. The molecule has 0 aromatic heterocycles. The van der Waals surface area contributed by atoms with Gasteiger partial charge in [0.15, 0.2) is 5.11 Å². The van der Waals surface area contributed by atoms with Gasteiger partial charge in [0.25, 0.3) is 5.91 Å². The number of amides is 2. The molecule has 0 aliphatic carbocycles. The van der Waals surface area contributed by atoms with Gasteiger partial charge in [-0.1, -0.05) is 60.7 Å². The van der Waals surface area contributed by atoms with Crippen molar-refractivity contribution >= 4 is 51.0 Å². The first-order valence-corrected chi connectivity index (χ1v) is 14.7. The predicted molar refractivity (Wildman–Crippen MR) is 164 cm³/mol. The normalized spacial score (nSPS) is 14.6. The minimum absolute atomic E-state index is 0.0750. The van der Waals surface area contributed by atoms with E-state index in [4.69, 9.17) is 21.7 Å². The SMILES string of the molecule is O=C(CC1C(=O)NCCN1C(=S)NC(=O)c1ccc(OCCc2ccccc2)c(Br)c1)OCCCc1ccccc1. The third-order valence-electron chi connectivity index (χ3n) is 6.57. The van der Waals surface area contributed by atoms with Crippen LogP contribution in [0.5, 0.6) is 5.75 Å². The Kier molecular flexibility index (Phi) is 11.3. The van der Waals surface area contributed by atoms with Gasteiger partial charge in [0.05, 0.1) is 24.1 Å². The molecule has 0 radical (unpaired) electrons. The minimum Gasteiger partial charge on any atom is -0.492 e. The zero-order chi connectivity index (χ0) is 29.0. The maximum absolute atomic E-state index is 13.0. The average Bonchev–Trinajstić information content (AvgIpc) is 2.98. The van der Waals surface area contributed by atoms with E-state index in [9.17, 15) is 14.4 Å². The van der Waals surface area contributed by atoms with Crippen molar-refractivity contribution in [2.45, 2.75) is 31.7 Å². The second-order valence-corrected chi connectivity index (χ2v) is 10.7. The molecule has 1 aliphatic rings. The predicted octanol–water partition coefficient (Wildman–Crippen LogP) is 4.45. The highest BCUT2D eigenvalue weighted by Crippen LogP contribution is 2.26. The highest BCUT2D eigenvalue weighted by Gasteiger charge is 2.34. The smallest absolute Gasteiger partial charge is 0.308 e. The zero-order valence-corrected chi connectivity index (χ0v) is 24.9. The summed E-state index contributed by atoms with van der Waals surface area (Å²) in [6.45, 7) is 1.45. The first kappa shape index (κ1) is 30.2. The van der Waals surface area contributed by atoms with E-state index in [1.807, 2.05) is 60.7 Å². The summed E-state index contributed by atoms with van der Waals surface area (Å²) in [5, 5.41) is 5.53. The Balaban J connectivity index is 1.27. The van der Waals surface area contributed by atoms with Gasteiger partial charge < -0.3 is 19.7 Å². The molecule has 1 aliphatic heterocycles. The Labute approximate surface area is 253 Å². The number of nitrogens with zero attached hydrogens (tertiary/aromatic N) is 1. The number of aryl methyl sites for hydroxylation is 1. The molecule has 2 N–H and O–H groups in total. The third-order valence-corrected chi connectivity index (χ3v) is 7.53. The van der Waals surface area contributed by atoms with Crippen LogP contribution < -0.4 is 15.4 Å². The summed E-state index contributed by atoms with van der Waals surface area (Å²) in [7, 11) is 0. The van der Waals surface area contributed by atoms with Crippen molar-refractivity contribution in [1.29, 1.82) is 0 Å². The largest absolute Gasteiger partial charge is 0.492 e. The molecule has 0 bridgehead atoms. The van der Waals surface area contributed by atoms with E-state index in [0.29, 0.717) is 41.9 Å². The molecule has 10 heteroatoms. The van der Waals surface area contributed by atoms with Gasteiger partial charge in [0.2, 0.25) is 5.91 Å². The van der Waals surface area contributed by atoms with Gasteiger partial charge in [-0.2, -0.15) is 0 Å². The first-order chi connectivity index (χ1) is 19.9. The monoisotopic (exact) mass is 637 g/mol. The molecule has 8 nitrogen and oxygen atoms in total. The summed E-state index contributed by atoms with van der Waals surface area (Å²) in [5.74, 6) is -0.644. The van der Waals surface area contributed by atoms with Crippen molar-refractivity contribution in [2.75, 3.05) is 26.3 Å². The Morgan fingerprint density at radius 2 is 1.66 bits per heavy atom. The van der Waals surface area contributed by atoms with Crippen LogP contribution in [0, 0.1) is 0 Å². The maximum atomic E-state index is 13.0. The fourth-order valence-corrected chi connectivity index (χ4v) is 5.21. The van der Waals surface area contributed by atoms with Crippen molar-refractivity contribution in [2.24, 2.45) is 0 Å². The molecule has 0 saturated carbocycles. The van der Waals surface area contributed by atoms with Gasteiger partial charge >= 0.3 is 5.97 Å². The standard InChI is InChI=1S/C31H32BrN3O5S/c32-25-20-24(13-14-27(25)39-19-15-23-10-5-2-6-11-23)29(37)34-31(41)35-17-16-33-30(38)26(35)21-28(36)40-18-7-12-22-8-3-1-4-9-22/h1-6,8-11,13-14,20,26H,7,12,15-19,21H2,(H,33,38)(H,34,37,41). The van der Waals surface area contributed by atoms with Crippen molar-refractivity contribution < 1.29 is 23.9 Å². The molecule has 2 amide bonds. The van der Waals surface area contributed by atoms with E-state index >= 15 is 0 Å². The molecular formula is C31H32BrN3O5S. The minimum atomic E-state index is -0.870. The van der Waals surface area contributed by atoms with E-state index in [1.54, 1.807) is 23.1 Å². The Morgan fingerprint density at radius 1 is 0.976 bits per heavy atom. The van der Waals surface area contributed by atoms with Crippen LogP contribution in [-0.2, 0) is 27.2 Å². The Bertz CT molecular complexity index is 1360. The number of carbonyl (C=O) groups is 3. The van der Waals surface area contributed by atoms with Gasteiger partial charge in [-0.25, -0.2) is 0 Å². The highest BCUT2D eigenvalue weighted by atomic mass is 79.9. The number of piperazine rings is 1. The molecule has 1 unspecified atom stereocenters. The van der Waals surface area contributed by atoms with Gasteiger partial charge in [0.1, 0.15) is 11.8 Å². The van der Waals surface area contributed by atoms with Gasteiger partial charge in [-0.05, 0) is 70.3 Å². The van der Waals surface area contributed by atoms with Crippen LogP contribution in [0.2, 0.25) is 0 Å². The average molecular weight is 639 g/mol. The Morgan fingerprint density at radius 3 is 2.34 bits per heavy atom. The second kappa shape index (κ2) is 15.3. The number of esters is 1. The summed E-state index contributed by atoms with van der Waals surface area (Å²) in [5.41, 5.74) is 2.71. The molecule has 214 valence electrons. The van der Waals surface area contributed by atoms with E-state index < -0.39 is 17.9 Å². The molecule has 1 heterocycles.